The Labute approximate surface area is 137 Å². The molecule has 0 atom stereocenters. The lowest BCUT2D eigenvalue weighted by Crippen LogP contribution is -2.47. The van der Waals surface area contributed by atoms with Crippen molar-refractivity contribution >= 4 is 6.29 Å². The average Bonchev–Trinajstić information content (AvgIpc) is 2.60. The van der Waals surface area contributed by atoms with Crippen molar-refractivity contribution in [1.29, 1.82) is 0 Å². The smallest absolute Gasteiger partial charge is 0.161 e. The predicted octanol–water partition coefficient (Wildman–Crippen LogP) is 0.887. The molecule has 1 aliphatic rings. The number of hydrogen-bond donors (Lipinski definition) is 1. The Balaban J connectivity index is 1.69. The number of rotatable bonds is 9. The molecule has 0 spiro atoms. The van der Waals surface area contributed by atoms with Crippen molar-refractivity contribution < 1.29 is 19.4 Å². The fraction of sp³-hybridized carbons (Fsp3) is 0.588. The molecule has 0 bridgehead atoms. The van der Waals surface area contributed by atoms with Crippen molar-refractivity contribution in [1.82, 2.24) is 9.80 Å². The van der Waals surface area contributed by atoms with E-state index in [1.165, 1.54) is 0 Å². The topological polar surface area (TPSA) is 62.2 Å². The lowest BCUT2D eigenvalue weighted by Gasteiger charge is -2.34. The highest BCUT2D eigenvalue weighted by atomic mass is 16.5. The van der Waals surface area contributed by atoms with Gasteiger partial charge in [0, 0.05) is 44.8 Å². The van der Waals surface area contributed by atoms with Crippen molar-refractivity contribution in [3.63, 3.8) is 0 Å². The predicted molar refractivity (Wildman–Crippen MR) is 88.5 cm³/mol. The number of aliphatic hydroxyl groups is 1. The number of aliphatic hydroxyl groups excluding tert-OH is 1. The quantitative estimate of drug-likeness (QED) is 0.538. The lowest BCUT2D eigenvalue weighted by atomic mass is 10.2. The maximum atomic E-state index is 10.8. The van der Waals surface area contributed by atoms with Gasteiger partial charge < -0.3 is 19.5 Å². The summed E-state index contributed by atoms with van der Waals surface area (Å²) < 4.78 is 11.0. The number of benzene rings is 1. The maximum Gasteiger partial charge on any atom is 0.161 e. The molecule has 23 heavy (non-hydrogen) atoms. The minimum absolute atomic E-state index is 0.235. The van der Waals surface area contributed by atoms with Gasteiger partial charge in [0.2, 0.25) is 0 Å². The van der Waals surface area contributed by atoms with E-state index in [-0.39, 0.29) is 6.61 Å². The molecular weight excluding hydrogens is 296 g/mol. The summed E-state index contributed by atoms with van der Waals surface area (Å²) in [5, 5.41) is 8.94. The molecule has 0 unspecified atom stereocenters. The van der Waals surface area contributed by atoms with Crippen LogP contribution in [0.25, 0.3) is 0 Å². The van der Waals surface area contributed by atoms with Gasteiger partial charge in [0.25, 0.3) is 0 Å². The third-order valence-corrected chi connectivity index (χ3v) is 4.08. The zero-order valence-electron chi connectivity index (χ0n) is 13.7. The van der Waals surface area contributed by atoms with E-state index < -0.39 is 0 Å². The maximum absolute atomic E-state index is 10.8. The fourth-order valence-corrected chi connectivity index (χ4v) is 2.72. The van der Waals surface area contributed by atoms with E-state index >= 15 is 0 Å². The summed E-state index contributed by atoms with van der Waals surface area (Å²) in [7, 11) is 1.57. The van der Waals surface area contributed by atoms with E-state index in [9.17, 15) is 4.79 Å². The van der Waals surface area contributed by atoms with E-state index in [1.54, 1.807) is 25.3 Å². The largest absolute Gasteiger partial charge is 0.493 e. The molecule has 1 heterocycles. The number of β-amino-alcohol motifs (C(OH)–C–C–N with tert-alkyl or cyclic N) is 1. The molecule has 1 fully saturated rings. The molecule has 0 aromatic heterocycles. The second kappa shape index (κ2) is 9.50. The molecule has 0 radical (unpaired) electrons. The van der Waals surface area contributed by atoms with Gasteiger partial charge in [0.05, 0.1) is 20.3 Å². The molecular formula is C17H26N2O4. The number of carbonyl (C=O) groups excluding carboxylic acids is 1. The van der Waals surface area contributed by atoms with E-state index in [1.807, 2.05) is 0 Å². The van der Waals surface area contributed by atoms with Crippen molar-refractivity contribution in [2.45, 2.75) is 6.42 Å². The van der Waals surface area contributed by atoms with Crippen LogP contribution in [0.2, 0.25) is 0 Å². The Morgan fingerprint density at radius 2 is 1.83 bits per heavy atom. The molecule has 0 amide bonds. The number of aldehydes is 1. The minimum atomic E-state index is 0.235. The summed E-state index contributed by atoms with van der Waals surface area (Å²) in [6.45, 7) is 6.74. The SMILES string of the molecule is COc1cc(C=O)ccc1OCCCN1CCN(CCO)CC1. The molecule has 2 rings (SSSR count). The van der Waals surface area contributed by atoms with Gasteiger partial charge in [0.1, 0.15) is 6.29 Å². The first-order chi connectivity index (χ1) is 11.3. The van der Waals surface area contributed by atoms with Gasteiger partial charge in [-0.3, -0.25) is 9.69 Å². The molecule has 1 saturated heterocycles. The highest BCUT2D eigenvalue weighted by Crippen LogP contribution is 2.27. The van der Waals surface area contributed by atoms with Crippen LogP contribution in [0.1, 0.15) is 16.8 Å². The van der Waals surface area contributed by atoms with Crippen LogP contribution in [-0.4, -0.2) is 80.8 Å². The summed E-state index contributed by atoms with van der Waals surface area (Å²) in [5.41, 5.74) is 0.579. The summed E-state index contributed by atoms with van der Waals surface area (Å²) in [6.07, 6.45) is 1.74. The number of ether oxygens (including phenoxy) is 2. The molecule has 1 aromatic carbocycles. The standard InChI is InChI=1S/C17H26N2O4/c1-22-17-13-15(14-21)3-4-16(17)23-12-2-5-18-6-8-19(9-7-18)10-11-20/h3-4,13-14,20H,2,5-12H2,1H3. The van der Waals surface area contributed by atoms with Crippen LogP contribution in [0.5, 0.6) is 11.5 Å². The van der Waals surface area contributed by atoms with E-state index in [0.717, 1.165) is 52.0 Å². The molecule has 1 aliphatic heterocycles. The number of hydrogen-bond acceptors (Lipinski definition) is 6. The first-order valence-electron chi connectivity index (χ1n) is 8.08. The van der Waals surface area contributed by atoms with E-state index in [2.05, 4.69) is 9.80 Å². The Morgan fingerprint density at radius 3 is 2.43 bits per heavy atom. The second-order valence-corrected chi connectivity index (χ2v) is 5.64. The monoisotopic (exact) mass is 322 g/mol. The van der Waals surface area contributed by atoms with Crippen molar-refractivity contribution in [3.05, 3.63) is 23.8 Å². The molecule has 0 aliphatic carbocycles. The number of nitrogens with zero attached hydrogens (tertiary/aromatic N) is 2. The Morgan fingerprint density at radius 1 is 1.13 bits per heavy atom. The van der Waals surface area contributed by atoms with Crippen molar-refractivity contribution in [3.8, 4) is 11.5 Å². The van der Waals surface area contributed by atoms with Gasteiger partial charge in [0.15, 0.2) is 11.5 Å². The Kier molecular flexibility index (Phi) is 7.32. The molecule has 128 valence electrons. The zero-order chi connectivity index (χ0) is 16.5. The molecule has 6 heteroatoms. The van der Waals surface area contributed by atoms with Crippen molar-refractivity contribution in [2.75, 3.05) is 59.6 Å². The van der Waals surface area contributed by atoms with Gasteiger partial charge in [-0.2, -0.15) is 0 Å². The molecule has 0 saturated carbocycles. The highest BCUT2D eigenvalue weighted by molar-refractivity contribution is 5.76. The normalized spacial score (nSPS) is 16.3. The summed E-state index contributed by atoms with van der Waals surface area (Å²) >= 11 is 0. The third-order valence-electron chi connectivity index (χ3n) is 4.08. The van der Waals surface area contributed by atoms with Gasteiger partial charge in [-0.1, -0.05) is 0 Å². The number of piperazine rings is 1. The molecule has 6 nitrogen and oxygen atoms in total. The summed E-state index contributed by atoms with van der Waals surface area (Å²) in [5.74, 6) is 1.26. The second-order valence-electron chi connectivity index (χ2n) is 5.64. The first-order valence-corrected chi connectivity index (χ1v) is 8.08. The van der Waals surface area contributed by atoms with Crippen LogP contribution < -0.4 is 9.47 Å². The minimum Gasteiger partial charge on any atom is -0.493 e. The van der Waals surface area contributed by atoms with Crippen LogP contribution in [0, 0.1) is 0 Å². The van der Waals surface area contributed by atoms with Crippen LogP contribution >= 0.6 is 0 Å². The van der Waals surface area contributed by atoms with Crippen molar-refractivity contribution in [2.24, 2.45) is 0 Å². The van der Waals surface area contributed by atoms with Gasteiger partial charge in [-0.15, -0.1) is 0 Å². The zero-order valence-corrected chi connectivity index (χ0v) is 13.7. The van der Waals surface area contributed by atoms with Crippen LogP contribution in [0.3, 0.4) is 0 Å². The van der Waals surface area contributed by atoms with Gasteiger partial charge in [-0.05, 0) is 24.6 Å². The molecule has 1 N–H and O–H groups in total. The highest BCUT2D eigenvalue weighted by Gasteiger charge is 2.15. The van der Waals surface area contributed by atoms with E-state index in [0.29, 0.717) is 23.7 Å². The number of carbonyl (C=O) groups is 1. The number of methoxy groups -OCH3 is 1. The lowest BCUT2D eigenvalue weighted by molar-refractivity contribution is 0.108. The molecule has 1 aromatic rings. The Hall–Kier alpha value is -1.63. The van der Waals surface area contributed by atoms with Gasteiger partial charge >= 0.3 is 0 Å². The van der Waals surface area contributed by atoms with Gasteiger partial charge in [-0.25, -0.2) is 0 Å². The summed E-state index contributed by atoms with van der Waals surface area (Å²) in [4.78, 5) is 15.5. The van der Waals surface area contributed by atoms with Crippen LogP contribution in [0.15, 0.2) is 18.2 Å². The fourth-order valence-electron chi connectivity index (χ4n) is 2.72. The third kappa shape index (κ3) is 5.49. The Bertz CT molecular complexity index is 487. The van der Waals surface area contributed by atoms with Crippen LogP contribution in [-0.2, 0) is 0 Å². The average molecular weight is 322 g/mol. The van der Waals surface area contributed by atoms with E-state index in [4.69, 9.17) is 14.6 Å². The van der Waals surface area contributed by atoms with Crippen LogP contribution in [0.4, 0.5) is 0 Å². The summed E-state index contributed by atoms with van der Waals surface area (Å²) in [6, 6.07) is 5.18. The first kappa shape index (κ1) is 17.7.